The first kappa shape index (κ1) is 15.7. The summed E-state index contributed by atoms with van der Waals surface area (Å²) in [7, 11) is 0. The molecular formula is C15H21FN2O3. The topological polar surface area (TPSA) is 64.8 Å². The lowest BCUT2D eigenvalue weighted by atomic mass is 10.1. The number of nitrogens with zero attached hydrogens (tertiary/aromatic N) is 1. The van der Waals surface area contributed by atoms with Gasteiger partial charge in [0, 0.05) is 19.1 Å². The number of morpholine rings is 1. The lowest BCUT2D eigenvalue weighted by Gasteiger charge is -2.29. The quantitative estimate of drug-likeness (QED) is 0.914. The maximum Gasteiger partial charge on any atom is 0.263 e. The van der Waals surface area contributed by atoms with Crippen LogP contribution in [0.4, 0.5) is 4.39 Å². The van der Waals surface area contributed by atoms with E-state index in [0.717, 1.165) is 0 Å². The molecule has 2 rings (SSSR count). The highest BCUT2D eigenvalue weighted by molar-refractivity contribution is 5.81. The Morgan fingerprint density at radius 3 is 2.62 bits per heavy atom. The zero-order valence-corrected chi connectivity index (χ0v) is 12.3. The molecule has 1 aliphatic rings. The Bertz CT molecular complexity index is 502. The van der Waals surface area contributed by atoms with Crippen molar-refractivity contribution in [2.24, 2.45) is 5.73 Å². The highest BCUT2D eigenvalue weighted by Crippen LogP contribution is 2.22. The van der Waals surface area contributed by atoms with Crippen molar-refractivity contribution in [3.05, 3.63) is 29.6 Å². The maximum atomic E-state index is 14.0. The number of carbonyl (C=O) groups excluding carboxylic acids is 1. The molecule has 0 spiro atoms. The second kappa shape index (κ2) is 6.87. The number of hydrogen-bond donors (Lipinski definition) is 1. The van der Waals surface area contributed by atoms with Crippen LogP contribution < -0.4 is 10.5 Å². The fourth-order valence-corrected chi connectivity index (χ4v) is 2.18. The lowest BCUT2D eigenvalue weighted by Crippen LogP contribution is -2.46. The van der Waals surface area contributed by atoms with Crippen molar-refractivity contribution in [2.45, 2.75) is 26.0 Å². The Morgan fingerprint density at radius 1 is 1.38 bits per heavy atom. The molecule has 1 aromatic carbocycles. The van der Waals surface area contributed by atoms with E-state index in [1.165, 1.54) is 12.1 Å². The third kappa shape index (κ3) is 3.92. The first-order valence-corrected chi connectivity index (χ1v) is 7.07. The molecule has 1 fully saturated rings. The summed E-state index contributed by atoms with van der Waals surface area (Å²) in [4.78, 5) is 13.9. The maximum absolute atomic E-state index is 14.0. The number of ether oxygens (including phenoxy) is 2. The van der Waals surface area contributed by atoms with Crippen LogP contribution in [0.3, 0.4) is 0 Å². The summed E-state index contributed by atoms with van der Waals surface area (Å²) in [6, 6.07) is 4.30. The van der Waals surface area contributed by atoms with E-state index in [4.69, 9.17) is 15.2 Å². The summed E-state index contributed by atoms with van der Waals surface area (Å²) < 4.78 is 24.6. The zero-order chi connectivity index (χ0) is 15.4. The molecule has 1 saturated heterocycles. The molecule has 0 aliphatic carbocycles. The van der Waals surface area contributed by atoms with E-state index in [1.54, 1.807) is 24.8 Å². The molecule has 0 saturated carbocycles. The predicted octanol–water partition coefficient (Wildman–Crippen LogP) is 1.47. The van der Waals surface area contributed by atoms with Gasteiger partial charge in [-0.1, -0.05) is 6.07 Å². The number of nitrogens with two attached hydrogens (primary N) is 1. The summed E-state index contributed by atoms with van der Waals surface area (Å²) in [6.07, 6.45) is -0.737. The molecule has 21 heavy (non-hydrogen) atoms. The number of halogens is 1. The van der Waals surface area contributed by atoms with E-state index in [9.17, 15) is 9.18 Å². The van der Waals surface area contributed by atoms with Crippen LogP contribution in [0, 0.1) is 5.82 Å². The second-order valence-corrected chi connectivity index (χ2v) is 5.18. The van der Waals surface area contributed by atoms with Crippen LogP contribution in [0.1, 0.15) is 25.5 Å². The molecule has 2 N–H and O–H groups in total. The van der Waals surface area contributed by atoms with Gasteiger partial charge in [0.15, 0.2) is 17.7 Å². The standard InChI is InChI=1S/C15H21FN2O3/c1-10(17)12-3-4-14(13(16)9-12)21-11(2)15(19)18-5-7-20-8-6-18/h3-4,9-11H,5-8,17H2,1-2H3/t10-,11?/m0/s1. The van der Waals surface area contributed by atoms with Crippen LogP contribution in [0.25, 0.3) is 0 Å². The van der Waals surface area contributed by atoms with Crippen molar-refractivity contribution in [3.8, 4) is 5.75 Å². The van der Waals surface area contributed by atoms with E-state index >= 15 is 0 Å². The molecule has 116 valence electrons. The summed E-state index contributed by atoms with van der Waals surface area (Å²) in [5.74, 6) is -0.603. The van der Waals surface area contributed by atoms with Crippen LogP contribution in [-0.4, -0.2) is 43.2 Å². The van der Waals surface area contributed by atoms with E-state index in [1.807, 2.05) is 0 Å². The second-order valence-electron chi connectivity index (χ2n) is 5.18. The van der Waals surface area contributed by atoms with E-state index in [0.29, 0.717) is 31.9 Å². The van der Waals surface area contributed by atoms with Crippen molar-refractivity contribution >= 4 is 5.91 Å². The SMILES string of the molecule is CC(Oc1ccc([C@H](C)N)cc1F)C(=O)N1CCOCC1. The highest BCUT2D eigenvalue weighted by Gasteiger charge is 2.24. The first-order valence-electron chi connectivity index (χ1n) is 7.07. The van der Waals surface area contributed by atoms with Gasteiger partial charge in [-0.05, 0) is 31.5 Å². The lowest BCUT2D eigenvalue weighted by molar-refractivity contribution is -0.142. The van der Waals surface area contributed by atoms with Crippen LogP contribution in [0.2, 0.25) is 0 Å². The Morgan fingerprint density at radius 2 is 2.05 bits per heavy atom. The van der Waals surface area contributed by atoms with Gasteiger partial charge in [0.05, 0.1) is 13.2 Å². The minimum Gasteiger partial charge on any atom is -0.478 e. The smallest absolute Gasteiger partial charge is 0.263 e. The molecular weight excluding hydrogens is 275 g/mol. The summed E-state index contributed by atoms with van der Waals surface area (Å²) >= 11 is 0. The normalized spacial score (nSPS) is 18.2. The van der Waals surface area contributed by atoms with E-state index in [2.05, 4.69) is 0 Å². The molecule has 5 nitrogen and oxygen atoms in total. The van der Waals surface area contributed by atoms with Gasteiger partial charge in [0.25, 0.3) is 5.91 Å². The number of hydrogen-bond acceptors (Lipinski definition) is 4. The first-order chi connectivity index (χ1) is 9.99. The number of carbonyl (C=O) groups is 1. The number of rotatable bonds is 4. The van der Waals surface area contributed by atoms with E-state index in [-0.39, 0.29) is 17.7 Å². The Balaban J connectivity index is 2.01. The van der Waals surface area contributed by atoms with E-state index < -0.39 is 11.9 Å². The molecule has 0 radical (unpaired) electrons. The van der Waals surface area contributed by atoms with Gasteiger partial charge >= 0.3 is 0 Å². The average Bonchev–Trinajstić information content (AvgIpc) is 2.49. The van der Waals surface area contributed by atoms with Crippen LogP contribution in [0.5, 0.6) is 5.75 Å². The van der Waals surface area contributed by atoms with Gasteiger partial charge in [-0.3, -0.25) is 4.79 Å². The van der Waals surface area contributed by atoms with Crippen molar-refractivity contribution in [1.29, 1.82) is 0 Å². The molecule has 0 bridgehead atoms. The fourth-order valence-electron chi connectivity index (χ4n) is 2.18. The largest absolute Gasteiger partial charge is 0.478 e. The van der Waals surface area contributed by atoms with Gasteiger partial charge in [0.1, 0.15) is 0 Å². The highest BCUT2D eigenvalue weighted by atomic mass is 19.1. The van der Waals surface area contributed by atoms with Gasteiger partial charge in [0.2, 0.25) is 0 Å². The van der Waals surface area contributed by atoms with Gasteiger partial charge < -0.3 is 20.1 Å². The average molecular weight is 296 g/mol. The molecule has 2 atom stereocenters. The minimum atomic E-state index is -0.737. The Hall–Kier alpha value is -1.66. The van der Waals surface area contributed by atoms with Crippen molar-refractivity contribution in [2.75, 3.05) is 26.3 Å². The van der Waals surface area contributed by atoms with Crippen LogP contribution >= 0.6 is 0 Å². The monoisotopic (exact) mass is 296 g/mol. The van der Waals surface area contributed by atoms with Crippen LogP contribution in [0.15, 0.2) is 18.2 Å². The van der Waals surface area contributed by atoms with Crippen molar-refractivity contribution in [1.82, 2.24) is 4.90 Å². The third-order valence-corrected chi connectivity index (χ3v) is 3.46. The molecule has 1 unspecified atom stereocenters. The summed E-state index contributed by atoms with van der Waals surface area (Å²) in [6.45, 7) is 5.53. The molecule has 1 heterocycles. The summed E-state index contributed by atoms with van der Waals surface area (Å²) in [5, 5.41) is 0. The fraction of sp³-hybridized carbons (Fsp3) is 0.533. The van der Waals surface area contributed by atoms with Gasteiger partial charge in [-0.2, -0.15) is 0 Å². The van der Waals surface area contributed by atoms with Gasteiger partial charge in [-0.15, -0.1) is 0 Å². The molecule has 0 aromatic heterocycles. The molecule has 6 heteroatoms. The number of amides is 1. The van der Waals surface area contributed by atoms with Crippen molar-refractivity contribution < 1.29 is 18.7 Å². The zero-order valence-electron chi connectivity index (χ0n) is 12.3. The molecule has 1 amide bonds. The Labute approximate surface area is 123 Å². The van der Waals surface area contributed by atoms with Gasteiger partial charge in [-0.25, -0.2) is 4.39 Å². The van der Waals surface area contributed by atoms with Crippen LogP contribution in [-0.2, 0) is 9.53 Å². The third-order valence-electron chi connectivity index (χ3n) is 3.46. The number of benzene rings is 1. The molecule has 1 aliphatic heterocycles. The Kier molecular flexibility index (Phi) is 5.14. The van der Waals surface area contributed by atoms with Crippen molar-refractivity contribution in [3.63, 3.8) is 0 Å². The minimum absolute atomic E-state index is 0.0634. The predicted molar refractivity (Wildman–Crippen MR) is 76.5 cm³/mol. The molecule has 1 aromatic rings. The summed E-state index contributed by atoms with van der Waals surface area (Å²) in [5.41, 5.74) is 6.39.